The Balaban J connectivity index is 2.36. The third-order valence-corrected chi connectivity index (χ3v) is 2.58. The summed E-state index contributed by atoms with van der Waals surface area (Å²) in [5, 5.41) is 0. The molecular weight excluding hydrogens is 194 g/mol. The minimum Gasteiger partial charge on any atom is -0.466 e. The molecule has 4 heteroatoms. The van der Waals surface area contributed by atoms with Gasteiger partial charge in [0.2, 0.25) is 0 Å². The number of likely N-dealkylation sites (tertiary alicyclic amines) is 1. The van der Waals surface area contributed by atoms with Crippen molar-refractivity contribution >= 4 is 11.8 Å². The van der Waals surface area contributed by atoms with Crippen molar-refractivity contribution in [3.05, 3.63) is 11.6 Å². The van der Waals surface area contributed by atoms with Gasteiger partial charge in [-0.25, -0.2) is 4.79 Å². The van der Waals surface area contributed by atoms with Gasteiger partial charge in [-0.15, -0.1) is 0 Å². The van der Waals surface area contributed by atoms with Gasteiger partial charge in [0, 0.05) is 38.0 Å². The Morgan fingerprint density at radius 3 is 2.60 bits per heavy atom. The highest BCUT2D eigenvalue weighted by atomic mass is 16.5. The third kappa shape index (κ3) is 3.83. The summed E-state index contributed by atoms with van der Waals surface area (Å²) < 4.78 is 4.59. The Bertz CT molecular complexity index is 274. The number of carbonyl (C=O) groups excluding carboxylic acids is 2. The van der Waals surface area contributed by atoms with Gasteiger partial charge in [0.1, 0.15) is 5.78 Å². The van der Waals surface area contributed by atoms with Crippen LogP contribution in [0, 0.1) is 0 Å². The second-order valence-electron chi connectivity index (χ2n) is 3.72. The summed E-state index contributed by atoms with van der Waals surface area (Å²) in [4.78, 5) is 24.2. The van der Waals surface area contributed by atoms with E-state index in [9.17, 15) is 9.59 Å². The first-order valence-electron chi connectivity index (χ1n) is 5.12. The van der Waals surface area contributed by atoms with Gasteiger partial charge in [-0.05, 0) is 6.92 Å². The van der Waals surface area contributed by atoms with Crippen LogP contribution in [0.2, 0.25) is 0 Å². The van der Waals surface area contributed by atoms with Gasteiger partial charge in [0.15, 0.2) is 0 Å². The Morgan fingerprint density at radius 1 is 1.47 bits per heavy atom. The number of esters is 1. The molecular formula is C11H17NO3. The molecule has 0 amide bonds. The van der Waals surface area contributed by atoms with Crippen LogP contribution in [0.1, 0.15) is 19.8 Å². The summed E-state index contributed by atoms with van der Waals surface area (Å²) >= 11 is 0. The summed E-state index contributed by atoms with van der Waals surface area (Å²) in [7, 11) is 1.37. The largest absolute Gasteiger partial charge is 0.466 e. The average Bonchev–Trinajstić information content (AvgIpc) is 2.26. The molecule has 0 aromatic rings. The monoisotopic (exact) mass is 211 g/mol. The number of hydrogen-bond acceptors (Lipinski definition) is 4. The van der Waals surface area contributed by atoms with Crippen LogP contribution in [0.3, 0.4) is 0 Å². The van der Waals surface area contributed by atoms with Gasteiger partial charge in [-0.1, -0.05) is 6.08 Å². The smallest absolute Gasteiger partial charge is 0.333 e. The van der Waals surface area contributed by atoms with E-state index in [-0.39, 0.29) is 5.97 Å². The lowest BCUT2D eigenvalue weighted by Gasteiger charge is -2.24. The van der Waals surface area contributed by atoms with Crippen LogP contribution in [-0.4, -0.2) is 43.4 Å². The summed E-state index contributed by atoms with van der Waals surface area (Å²) in [5.41, 5.74) is 0.620. The highest BCUT2D eigenvalue weighted by Gasteiger charge is 2.15. The molecule has 1 rings (SSSR count). The molecule has 0 unspecified atom stereocenters. The van der Waals surface area contributed by atoms with Gasteiger partial charge in [0.25, 0.3) is 0 Å². The quantitative estimate of drug-likeness (QED) is 0.511. The summed E-state index contributed by atoms with van der Waals surface area (Å²) in [6.45, 7) is 4.04. The predicted octanol–water partition coefficient (Wildman–Crippen LogP) is 0.771. The molecule has 1 aliphatic heterocycles. The van der Waals surface area contributed by atoms with Crippen LogP contribution in [0.5, 0.6) is 0 Å². The maximum absolute atomic E-state index is 11.1. The lowest BCUT2D eigenvalue weighted by atomic mass is 10.1. The van der Waals surface area contributed by atoms with E-state index in [1.54, 1.807) is 6.92 Å². The Labute approximate surface area is 89.9 Å². The van der Waals surface area contributed by atoms with Crippen LogP contribution < -0.4 is 0 Å². The van der Waals surface area contributed by atoms with Gasteiger partial charge in [-0.3, -0.25) is 9.69 Å². The molecule has 84 valence electrons. The van der Waals surface area contributed by atoms with Crippen molar-refractivity contribution in [1.29, 1.82) is 0 Å². The zero-order chi connectivity index (χ0) is 11.3. The second-order valence-corrected chi connectivity index (χ2v) is 3.72. The summed E-state index contributed by atoms with van der Waals surface area (Å²) in [6.07, 6.45) is 3.11. The standard InChI is InChI=1S/C11H17NO3/c1-9(11(14)15-2)3-6-12-7-4-10(13)5-8-12/h3H,4-8H2,1-2H3. The fraction of sp³-hybridized carbons (Fsp3) is 0.636. The molecule has 0 atom stereocenters. The second kappa shape index (κ2) is 5.66. The van der Waals surface area contributed by atoms with Crippen molar-refractivity contribution in [2.75, 3.05) is 26.7 Å². The number of carbonyl (C=O) groups is 2. The molecule has 1 aliphatic rings. The number of ether oxygens (including phenoxy) is 1. The van der Waals surface area contributed by atoms with Crippen molar-refractivity contribution in [3.8, 4) is 0 Å². The third-order valence-electron chi connectivity index (χ3n) is 2.58. The highest BCUT2D eigenvalue weighted by Crippen LogP contribution is 2.06. The van der Waals surface area contributed by atoms with E-state index in [1.807, 2.05) is 6.08 Å². The molecule has 0 aliphatic carbocycles. The molecule has 0 N–H and O–H groups in total. The molecule has 1 heterocycles. The predicted molar refractivity (Wildman–Crippen MR) is 56.5 cm³/mol. The molecule has 15 heavy (non-hydrogen) atoms. The van der Waals surface area contributed by atoms with Crippen LogP contribution in [0.25, 0.3) is 0 Å². The van der Waals surface area contributed by atoms with E-state index in [1.165, 1.54) is 7.11 Å². The number of Topliss-reactive ketones (excluding diaryl/α,β-unsaturated/α-hetero) is 1. The van der Waals surface area contributed by atoms with Crippen molar-refractivity contribution in [1.82, 2.24) is 4.90 Å². The van der Waals surface area contributed by atoms with Gasteiger partial charge < -0.3 is 4.74 Å². The fourth-order valence-corrected chi connectivity index (χ4v) is 1.50. The average molecular weight is 211 g/mol. The number of piperidine rings is 1. The molecule has 0 saturated carbocycles. The van der Waals surface area contributed by atoms with Crippen LogP contribution in [-0.2, 0) is 14.3 Å². The summed E-state index contributed by atoms with van der Waals surface area (Å²) in [5.74, 6) is 0.0444. The van der Waals surface area contributed by atoms with E-state index in [0.29, 0.717) is 30.7 Å². The molecule has 1 saturated heterocycles. The Kier molecular flexibility index (Phi) is 4.49. The molecule has 0 bridgehead atoms. The van der Waals surface area contributed by atoms with Crippen LogP contribution in [0.4, 0.5) is 0 Å². The van der Waals surface area contributed by atoms with Gasteiger partial charge >= 0.3 is 5.97 Å². The van der Waals surface area contributed by atoms with Gasteiger partial charge in [-0.2, -0.15) is 0 Å². The maximum atomic E-state index is 11.1. The topological polar surface area (TPSA) is 46.6 Å². The highest BCUT2D eigenvalue weighted by molar-refractivity contribution is 5.87. The first-order valence-corrected chi connectivity index (χ1v) is 5.12. The number of nitrogens with zero attached hydrogens (tertiary/aromatic N) is 1. The molecule has 0 spiro atoms. The van der Waals surface area contributed by atoms with Crippen LogP contribution >= 0.6 is 0 Å². The number of hydrogen-bond donors (Lipinski definition) is 0. The summed E-state index contributed by atoms with van der Waals surface area (Å²) in [6, 6.07) is 0. The van der Waals surface area contributed by atoms with Crippen molar-refractivity contribution in [2.24, 2.45) is 0 Å². The van der Waals surface area contributed by atoms with Crippen molar-refractivity contribution < 1.29 is 14.3 Å². The molecule has 0 radical (unpaired) electrons. The number of ketones is 1. The number of rotatable bonds is 3. The van der Waals surface area contributed by atoms with E-state index < -0.39 is 0 Å². The first-order chi connectivity index (χ1) is 7.13. The van der Waals surface area contributed by atoms with E-state index in [0.717, 1.165) is 13.1 Å². The first kappa shape index (κ1) is 11.9. The SMILES string of the molecule is COC(=O)C(C)=CCN1CCC(=O)CC1. The van der Waals surface area contributed by atoms with Crippen molar-refractivity contribution in [2.45, 2.75) is 19.8 Å². The van der Waals surface area contributed by atoms with Gasteiger partial charge in [0.05, 0.1) is 7.11 Å². The molecule has 0 aromatic carbocycles. The zero-order valence-corrected chi connectivity index (χ0v) is 9.28. The minimum absolute atomic E-state index is 0.289. The van der Waals surface area contributed by atoms with E-state index in [2.05, 4.69) is 9.64 Å². The molecule has 0 aromatic heterocycles. The lowest BCUT2D eigenvalue weighted by Crippen LogP contribution is -2.34. The van der Waals surface area contributed by atoms with E-state index in [4.69, 9.17) is 0 Å². The van der Waals surface area contributed by atoms with Crippen LogP contribution in [0.15, 0.2) is 11.6 Å². The normalized spacial score (nSPS) is 19.1. The number of methoxy groups -OCH3 is 1. The van der Waals surface area contributed by atoms with E-state index >= 15 is 0 Å². The Hall–Kier alpha value is -1.16. The molecule has 4 nitrogen and oxygen atoms in total. The Morgan fingerprint density at radius 2 is 2.07 bits per heavy atom. The lowest BCUT2D eigenvalue weighted by molar-refractivity contribution is -0.136. The minimum atomic E-state index is -0.289. The van der Waals surface area contributed by atoms with Crippen molar-refractivity contribution in [3.63, 3.8) is 0 Å². The maximum Gasteiger partial charge on any atom is 0.333 e. The fourth-order valence-electron chi connectivity index (χ4n) is 1.50. The molecule has 1 fully saturated rings. The zero-order valence-electron chi connectivity index (χ0n) is 9.28.